The molecule has 1 heterocycles. The maximum absolute atomic E-state index is 14.0. The number of nitrogens with zero attached hydrogens (tertiary/aromatic N) is 1. The Labute approximate surface area is 120 Å². The van der Waals surface area contributed by atoms with Gasteiger partial charge in [-0.1, -0.05) is 19.1 Å². The molecule has 21 heavy (non-hydrogen) atoms. The molecule has 0 saturated carbocycles. The van der Waals surface area contributed by atoms with Gasteiger partial charge in [-0.15, -0.1) is 0 Å². The highest BCUT2D eigenvalue weighted by Crippen LogP contribution is 2.19. The molecule has 106 valence electrons. The molecule has 3 aromatic rings. The van der Waals surface area contributed by atoms with E-state index in [2.05, 4.69) is 0 Å². The number of hydrogen-bond acceptors (Lipinski definition) is 1. The number of fused-ring (bicyclic) bond motifs is 1. The lowest BCUT2D eigenvalue weighted by Gasteiger charge is -2.13. The summed E-state index contributed by atoms with van der Waals surface area (Å²) in [6.45, 7) is 1.92. The van der Waals surface area contributed by atoms with E-state index in [0.29, 0.717) is 17.5 Å². The molecule has 0 amide bonds. The molecule has 0 aliphatic heterocycles. The second-order valence-electron chi connectivity index (χ2n) is 4.81. The molecule has 0 spiro atoms. The summed E-state index contributed by atoms with van der Waals surface area (Å²) in [7, 11) is 0. The Morgan fingerprint density at radius 2 is 1.76 bits per heavy atom. The summed E-state index contributed by atoms with van der Waals surface area (Å²) in [4.78, 5) is 12.6. The first-order valence-electron chi connectivity index (χ1n) is 6.71. The summed E-state index contributed by atoms with van der Waals surface area (Å²) in [6.07, 6.45) is 0.610. The third-order valence-electron chi connectivity index (χ3n) is 3.52. The highest BCUT2D eigenvalue weighted by Gasteiger charge is 2.13. The lowest BCUT2D eigenvalue weighted by Crippen LogP contribution is -2.22. The lowest BCUT2D eigenvalue weighted by atomic mass is 10.1. The molecule has 2 aromatic carbocycles. The van der Waals surface area contributed by atoms with E-state index >= 15 is 0 Å². The highest BCUT2D eigenvalue weighted by atomic mass is 19.1. The minimum Gasteiger partial charge on any atom is -0.281 e. The van der Waals surface area contributed by atoms with Gasteiger partial charge in [0.15, 0.2) is 0 Å². The predicted octanol–water partition coefficient (Wildman–Crippen LogP) is 3.83. The maximum atomic E-state index is 14.0. The van der Waals surface area contributed by atoms with Gasteiger partial charge in [0.1, 0.15) is 11.6 Å². The summed E-state index contributed by atoms with van der Waals surface area (Å²) >= 11 is 0. The second-order valence-corrected chi connectivity index (χ2v) is 4.81. The topological polar surface area (TPSA) is 22.0 Å². The van der Waals surface area contributed by atoms with Crippen molar-refractivity contribution in [3.63, 3.8) is 0 Å². The molecule has 0 atom stereocenters. The zero-order chi connectivity index (χ0) is 15.0. The van der Waals surface area contributed by atoms with Crippen molar-refractivity contribution >= 4 is 10.8 Å². The van der Waals surface area contributed by atoms with Crippen LogP contribution in [-0.4, -0.2) is 4.57 Å². The largest absolute Gasteiger partial charge is 0.281 e. The standard InChI is InChI=1S/C17H13F2NO/c1-2-13-10-11-4-3-5-15(19)16(11)17(21)20(13)14-8-6-12(18)7-9-14/h3-10H,2H2,1H3. The SMILES string of the molecule is CCc1cc2cccc(F)c2c(=O)n1-c1ccc(F)cc1. The lowest BCUT2D eigenvalue weighted by molar-refractivity contribution is 0.627. The van der Waals surface area contributed by atoms with Crippen molar-refractivity contribution in [2.45, 2.75) is 13.3 Å². The molecule has 0 bridgehead atoms. The molecule has 3 rings (SSSR count). The number of aryl methyl sites for hydroxylation is 1. The first kappa shape index (κ1) is 13.5. The van der Waals surface area contributed by atoms with E-state index in [1.807, 2.05) is 6.92 Å². The monoisotopic (exact) mass is 285 g/mol. The summed E-state index contributed by atoms with van der Waals surface area (Å²) < 4.78 is 28.5. The number of hydrogen-bond donors (Lipinski definition) is 0. The second kappa shape index (κ2) is 5.13. The van der Waals surface area contributed by atoms with Crippen molar-refractivity contribution in [1.82, 2.24) is 4.57 Å². The van der Waals surface area contributed by atoms with Gasteiger partial charge < -0.3 is 0 Å². The number of benzene rings is 2. The molecular weight excluding hydrogens is 272 g/mol. The molecule has 0 fully saturated rings. The summed E-state index contributed by atoms with van der Waals surface area (Å²) in [5.41, 5.74) is 0.863. The first-order chi connectivity index (χ1) is 10.1. The molecular formula is C17H13F2NO. The molecule has 1 aromatic heterocycles. The quantitative estimate of drug-likeness (QED) is 0.701. The van der Waals surface area contributed by atoms with E-state index in [9.17, 15) is 13.6 Å². The van der Waals surface area contributed by atoms with Gasteiger partial charge in [-0.3, -0.25) is 9.36 Å². The van der Waals surface area contributed by atoms with Gasteiger partial charge >= 0.3 is 0 Å². The van der Waals surface area contributed by atoms with Crippen LogP contribution in [0.1, 0.15) is 12.6 Å². The molecule has 0 radical (unpaired) electrons. The van der Waals surface area contributed by atoms with E-state index in [1.54, 1.807) is 18.2 Å². The summed E-state index contributed by atoms with van der Waals surface area (Å²) in [5.74, 6) is -0.923. The zero-order valence-electron chi connectivity index (χ0n) is 11.4. The van der Waals surface area contributed by atoms with Gasteiger partial charge in [-0.2, -0.15) is 0 Å². The fraction of sp³-hybridized carbons (Fsp3) is 0.118. The van der Waals surface area contributed by atoms with Crippen LogP contribution in [0, 0.1) is 11.6 Å². The van der Waals surface area contributed by atoms with E-state index in [-0.39, 0.29) is 11.2 Å². The highest BCUT2D eigenvalue weighted by molar-refractivity contribution is 5.83. The van der Waals surface area contributed by atoms with Crippen LogP contribution in [-0.2, 0) is 6.42 Å². The summed E-state index contributed by atoms with van der Waals surface area (Å²) in [5, 5.41) is 0.634. The van der Waals surface area contributed by atoms with E-state index in [1.165, 1.54) is 34.9 Å². The first-order valence-corrected chi connectivity index (χ1v) is 6.71. The van der Waals surface area contributed by atoms with Gasteiger partial charge in [0.05, 0.1) is 5.39 Å². The average Bonchev–Trinajstić information content (AvgIpc) is 2.48. The fourth-order valence-corrected chi connectivity index (χ4v) is 2.51. The maximum Gasteiger partial charge on any atom is 0.266 e. The molecule has 2 nitrogen and oxygen atoms in total. The van der Waals surface area contributed by atoms with Crippen molar-refractivity contribution in [2.24, 2.45) is 0 Å². The smallest absolute Gasteiger partial charge is 0.266 e. The minimum atomic E-state index is -0.545. The van der Waals surface area contributed by atoms with Crippen molar-refractivity contribution in [2.75, 3.05) is 0 Å². The Hall–Kier alpha value is -2.49. The van der Waals surface area contributed by atoms with Crippen LogP contribution in [0.3, 0.4) is 0 Å². The van der Waals surface area contributed by atoms with E-state index in [4.69, 9.17) is 0 Å². The Bertz CT molecular complexity index is 866. The molecule has 0 aliphatic rings. The third kappa shape index (κ3) is 2.23. The van der Waals surface area contributed by atoms with Gasteiger partial charge in [0, 0.05) is 11.4 Å². The summed E-state index contributed by atoms with van der Waals surface area (Å²) in [6, 6.07) is 12.0. The van der Waals surface area contributed by atoms with Crippen LogP contribution in [0.5, 0.6) is 0 Å². The van der Waals surface area contributed by atoms with Gasteiger partial charge in [0.25, 0.3) is 5.56 Å². The van der Waals surface area contributed by atoms with Gasteiger partial charge in [-0.25, -0.2) is 8.78 Å². The molecule has 0 N–H and O–H groups in total. The van der Waals surface area contributed by atoms with Crippen LogP contribution >= 0.6 is 0 Å². The Balaban J connectivity index is 2.41. The van der Waals surface area contributed by atoms with Crippen molar-refractivity contribution in [3.8, 4) is 5.69 Å². The van der Waals surface area contributed by atoms with Crippen molar-refractivity contribution in [1.29, 1.82) is 0 Å². The van der Waals surface area contributed by atoms with Crippen LogP contribution in [0.25, 0.3) is 16.5 Å². The van der Waals surface area contributed by atoms with Crippen LogP contribution in [0.15, 0.2) is 53.3 Å². The number of aromatic nitrogens is 1. The molecule has 0 aliphatic carbocycles. The normalized spacial score (nSPS) is 11.0. The third-order valence-corrected chi connectivity index (χ3v) is 3.52. The van der Waals surface area contributed by atoms with Crippen molar-refractivity contribution in [3.05, 3.63) is 76.2 Å². The van der Waals surface area contributed by atoms with Crippen LogP contribution < -0.4 is 5.56 Å². The van der Waals surface area contributed by atoms with Crippen molar-refractivity contribution < 1.29 is 8.78 Å². The average molecular weight is 285 g/mol. The Morgan fingerprint density at radius 3 is 2.43 bits per heavy atom. The van der Waals surface area contributed by atoms with Gasteiger partial charge in [-0.05, 0) is 48.2 Å². The number of halogens is 2. The Kier molecular flexibility index (Phi) is 3.29. The van der Waals surface area contributed by atoms with E-state index in [0.717, 1.165) is 5.69 Å². The number of rotatable bonds is 2. The minimum absolute atomic E-state index is 0.0547. The predicted molar refractivity (Wildman–Crippen MR) is 78.8 cm³/mol. The number of pyridine rings is 1. The molecule has 0 saturated heterocycles. The fourth-order valence-electron chi connectivity index (χ4n) is 2.51. The van der Waals surface area contributed by atoms with Gasteiger partial charge in [0.2, 0.25) is 0 Å². The zero-order valence-corrected chi connectivity index (χ0v) is 11.4. The van der Waals surface area contributed by atoms with Crippen LogP contribution in [0.4, 0.5) is 8.78 Å². The van der Waals surface area contributed by atoms with Crippen LogP contribution in [0.2, 0.25) is 0 Å². The molecule has 0 unspecified atom stereocenters. The molecule has 4 heteroatoms. The Morgan fingerprint density at radius 1 is 1.05 bits per heavy atom. The van der Waals surface area contributed by atoms with E-state index < -0.39 is 11.4 Å².